The van der Waals surface area contributed by atoms with Crippen LogP contribution in [0.5, 0.6) is 0 Å². The van der Waals surface area contributed by atoms with E-state index in [0.717, 1.165) is 12.1 Å². The summed E-state index contributed by atoms with van der Waals surface area (Å²) in [6.45, 7) is 1.84. The molecule has 0 amide bonds. The highest BCUT2D eigenvalue weighted by Gasteiger charge is 2.31. The predicted molar refractivity (Wildman–Crippen MR) is 59.3 cm³/mol. The molecule has 0 aromatic carbocycles. The zero-order valence-electron chi connectivity index (χ0n) is 9.49. The highest BCUT2D eigenvalue weighted by atomic mass is 19.4. The molecule has 0 aliphatic rings. The molecule has 0 unspecified atom stereocenters. The van der Waals surface area contributed by atoms with Crippen molar-refractivity contribution in [3.63, 3.8) is 0 Å². The van der Waals surface area contributed by atoms with Gasteiger partial charge in [-0.2, -0.15) is 13.2 Å². The summed E-state index contributed by atoms with van der Waals surface area (Å²) in [4.78, 5) is 14.5. The Morgan fingerprint density at radius 3 is 2.72 bits per heavy atom. The molecule has 1 aromatic heterocycles. The van der Waals surface area contributed by atoms with Crippen LogP contribution in [-0.4, -0.2) is 17.6 Å². The van der Waals surface area contributed by atoms with Gasteiger partial charge in [0.05, 0.1) is 23.6 Å². The SMILES string of the molecule is CCOC(=O)C=Cc1ncc(C(F)(F)F)cc1N. The Morgan fingerprint density at radius 1 is 1.56 bits per heavy atom. The third-order valence-electron chi connectivity index (χ3n) is 1.94. The maximum atomic E-state index is 12.3. The van der Waals surface area contributed by atoms with Crippen molar-refractivity contribution in [1.82, 2.24) is 4.98 Å². The Hall–Kier alpha value is -2.05. The number of carbonyl (C=O) groups excluding carboxylic acids is 1. The van der Waals surface area contributed by atoms with Crippen LogP contribution in [0.3, 0.4) is 0 Å². The number of pyridine rings is 1. The van der Waals surface area contributed by atoms with E-state index in [4.69, 9.17) is 5.73 Å². The lowest BCUT2D eigenvalue weighted by molar-refractivity contribution is -0.138. The second-order valence-electron chi connectivity index (χ2n) is 3.28. The van der Waals surface area contributed by atoms with Crippen LogP contribution >= 0.6 is 0 Å². The number of alkyl halides is 3. The predicted octanol–water partition coefficient (Wildman–Crippen LogP) is 2.26. The first kappa shape index (κ1) is 14.0. The zero-order chi connectivity index (χ0) is 13.8. The number of halogens is 3. The van der Waals surface area contributed by atoms with E-state index in [0.29, 0.717) is 6.20 Å². The highest BCUT2D eigenvalue weighted by molar-refractivity contribution is 5.87. The molecule has 0 bridgehead atoms. The summed E-state index contributed by atoms with van der Waals surface area (Å²) in [6, 6.07) is 0.762. The summed E-state index contributed by atoms with van der Waals surface area (Å²) in [7, 11) is 0. The standard InChI is InChI=1S/C11H11F3N2O2/c1-2-18-10(17)4-3-9-8(15)5-7(6-16-9)11(12,13)14/h3-6H,2,15H2,1H3. The first-order valence-electron chi connectivity index (χ1n) is 5.02. The number of nitrogen functional groups attached to an aromatic ring is 1. The first-order valence-corrected chi connectivity index (χ1v) is 5.02. The fraction of sp³-hybridized carbons (Fsp3) is 0.273. The molecular formula is C11H11F3N2O2. The van der Waals surface area contributed by atoms with Gasteiger partial charge in [-0.3, -0.25) is 4.98 Å². The molecule has 98 valence electrons. The van der Waals surface area contributed by atoms with Crippen molar-refractivity contribution in [1.29, 1.82) is 0 Å². The van der Waals surface area contributed by atoms with Gasteiger partial charge < -0.3 is 10.5 Å². The molecule has 7 heteroatoms. The van der Waals surface area contributed by atoms with Crippen LogP contribution in [0.15, 0.2) is 18.3 Å². The Morgan fingerprint density at radius 2 is 2.22 bits per heavy atom. The van der Waals surface area contributed by atoms with Gasteiger partial charge >= 0.3 is 12.1 Å². The van der Waals surface area contributed by atoms with E-state index >= 15 is 0 Å². The fourth-order valence-corrected chi connectivity index (χ4v) is 1.12. The van der Waals surface area contributed by atoms with Gasteiger partial charge in [0.2, 0.25) is 0 Å². The quantitative estimate of drug-likeness (QED) is 0.668. The first-order chi connectivity index (χ1) is 8.34. The molecule has 1 aromatic rings. The largest absolute Gasteiger partial charge is 0.463 e. The molecule has 0 spiro atoms. The molecule has 0 aliphatic carbocycles. The average Bonchev–Trinajstić information content (AvgIpc) is 2.26. The number of nitrogens with two attached hydrogens (primary N) is 1. The summed E-state index contributed by atoms with van der Waals surface area (Å²) in [5.74, 6) is -0.612. The smallest absolute Gasteiger partial charge is 0.417 e. The average molecular weight is 260 g/mol. The van der Waals surface area contributed by atoms with Crippen LogP contribution in [0.2, 0.25) is 0 Å². The molecule has 0 saturated carbocycles. The second-order valence-corrected chi connectivity index (χ2v) is 3.28. The Bertz CT molecular complexity index is 470. The van der Waals surface area contributed by atoms with Crippen molar-refractivity contribution < 1.29 is 22.7 Å². The number of carbonyl (C=O) groups is 1. The van der Waals surface area contributed by atoms with Gasteiger partial charge in [0.1, 0.15) is 0 Å². The van der Waals surface area contributed by atoms with E-state index in [1.807, 2.05) is 0 Å². The van der Waals surface area contributed by atoms with Gasteiger partial charge in [-0.1, -0.05) is 0 Å². The van der Waals surface area contributed by atoms with Crippen LogP contribution in [-0.2, 0) is 15.7 Å². The number of aromatic nitrogens is 1. The Balaban J connectivity index is 2.90. The van der Waals surface area contributed by atoms with Crippen molar-refractivity contribution in [2.45, 2.75) is 13.1 Å². The monoisotopic (exact) mass is 260 g/mol. The third-order valence-corrected chi connectivity index (χ3v) is 1.94. The summed E-state index contributed by atoms with van der Waals surface area (Å²) in [6.07, 6.45) is -1.59. The molecule has 0 aliphatic heterocycles. The molecule has 2 N–H and O–H groups in total. The van der Waals surface area contributed by atoms with Crippen molar-refractivity contribution >= 4 is 17.7 Å². The molecule has 0 saturated heterocycles. The van der Waals surface area contributed by atoms with Gasteiger partial charge in [-0.15, -0.1) is 0 Å². The molecule has 1 heterocycles. The number of hydrogen-bond acceptors (Lipinski definition) is 4. The van der Waals surface area contributed by atoms with Crippen LogP contribution in [0.4, 0.5) is 18.9 Å². The van der Waals surface area contributed by atoms with Crippen molar-refractivity contribution in [3.05, 3.63) is 29.6 Å². The summed E-state index contributed by atoms with van der Waals surface area (Å²) < 4.78 is 41.6. The number of hydrogen-bond donors (Lipinski definition) is 1. The lowest BCUT2D eigenvalue weighted by atomic mass is 10.2. The van der Waals surface area contributed by atoms with Crippen LogP contribution in [0.1, 0.15) is 18.2 Å². The van der Waals surface area contributed by atoms with E-state index < -0.39 is 17.7 Å². The van der Waals surface area contributed by atoms with E-state index in [1.54, 1.807) is 6.92 Å². The number of nitrogens with zero attached hydrogens (tertiary/aromatic N) is 1. The highest BCUT2D eigenvalue weighted by Crippen LogP contribution is 2.30. The zero-order valence-corrected chi connectivity index (χ0v) is 9.49. The molecule has 0 atom stereocenters. The second kappa shape index (κ2) is 5.52. The van der Waals surface area contributed by atoms with Gasteiger partial charge in [0.25, 0.3) is 0 Å². The Labute approximate surface area is 101 Å². The number of esters is 1. The molecular weight excluding hydrogens is 249 g/mol. The molecule has 18 heavy (non-hydrogen) atoms. The third kappa shape index (κ3) is 3.76. The minimum atomic E-state index is -4.50. The summed E-state index contributed by atoms with van der Waals surface area (Å²) >= 11 is 0. The molecule has 0 fully saturated rings. The Kier molecular flexibility index (Phi) is 4.30. The van der Waals surface area contributed by atoms with Gasteiger partial charge in [-0.05, 0) is 19.1 Å². The van der Waals surface area contributed by atoms with Gasteiger partial charge in [-0.25, -0.2) is 4.79 Å². The minimum absolute atomic E-state index is 0.0797. The van der Waals surface area contributed by atoms with Gasteiger partial charge in [0, 0.05) is 12.3 Å². The van der Waals surface area contributed by atoms with E-state index in [9.17, 15) is 18.0 Å². The fourth-order valence-electron chi connectivity index (χ4n) is 1.12. The van der Waals surface area contributed by atoms with Crippen LogP contribution in [0, 0.1) is 0 Å². The normalized spacial score (nSPS) is 11.8. The maximum absolute atomic E-state index is 12.3. The maximum Gasteiger partial charge on any atom is 0.417 e. The number of rotatable bonds is 3. The lowest BCUT2D eigenvalue weighted by Gasteiger charge is -2.07. The van der Waals surface area contributed by atoms with E-state index in [-0.39, 0.29) is 18.0 Å². The van der Waals surface area contributed by atoms with Crippen molar-refractivity contribution in [2.24, 2.45) is 0 Å². The minimum Gasteiger partial charge on any atom is -0.463 e. The van der Waals surface area contributed by atoms with Crippen molar-refractivity contribution in [3.8, 4) is 0 Å². The number of ether oxygens (including phenoxy) is 1. The summed E-state index contributed by atoms with van der Waals surface area (Å²) in [5.41, 5.74) is 4.39. The van der Waals surface area contributed by atoms with Crippen molar-refractivity contribution in [2.75, 3.05) is 12.3 Å². The molecule has 0 radical (unpaired) electrons. The van der Waals surface area contributed by atoms with Crippen LogP contribution in [0.25, 0.3) is 6.08 Å². The van der Waals surface area contributed by atoms with Crippen LogP contribution < -0.4 is 5.73 Å². The lowest BCUT2D eigenvalue weighted by Crippen LogP contribution is -2.07. The molecule has 4 nitrogen and oxygen atoms in total. The van der Waals surface area contributed by atoms with Gasteiger partial charge in [0.15, 0.2) is 0 Å². The van der Waals surface area contributed by atoms with E-state index in [1.165, 1.54) is 6.08 Å². The molecule has 1 rings (SSSR count). The topological polar surface area (TPSA) is 65.2 Å². The number of anilines is 1. The summed E-state index contributed by atoms with van der Waals surface area (Å²) in [5, 5.41) is 0. The van der Waals surface area contributed by atoms with E-state index in [2.05, 4.69) is 9.72 Å².